The van der Waals surface area contributed by atoms with E-state index in [0.717, 1.165) is 26.7 Å². The highest BCUT2D eigenvalue weighted by Gasteiger charge is 2.31. The van der Waals surface area contributed by atoms with Crippen molar-refractivity contribution in [2.45, 2.75) is 34.0 Å². The zero-order valence-corrected chi connectivity index (χ0v) is 20.2. The van der Waals surface area contributed by atoms with Crippen LogP contribution in [0.5, 0.6) is 17.2 Å². The molecule has 0 unspecified atom stereocenters. The first-order chi connectivity index (χ1) is 15.9. The van der Waals surface area contributed by atoms with Gasteiger partial charge in [0.15, 0.2) is 12.6 Å². The Kier molecular flexibility index (Phi) is 5.72. The Morgan fingerprint density at radius 1 is 1.06 bits per heavy atom. The Morgan fingerprint density at radius 2 is 1.91 bits per heavy atom. The van der Waals surface area contributed by atoms with Gasteiger partial charge in [-0.3, -0.25) is 4.79 Å². The van der Waals surface area contributed by atoms with Gasteiger partial charge in [-0.1, -0.05) is 39.7 Å². The lowest BCUT2D eigenvalue weighted by Gasteiger charge is -2.20. The van der Waals surface area contributed by atoms with Gasteiger partial charge >= 0.3 is 0 Å². The predicted octanol–water partition coefficient (Wildman–Crippen LogP) is 6.44. The van der Waals surface area contributed by atoms with Crippen molar-refractivity contribution in [1.29, 1.82) is 0 Å². The molecule has 0 N–H and O–H groups in total. The minimum absolute atomic E-state index is 0.157. The van der Waals surface area contributed by atoms with E-state index in [2.05, 4.69) is 48.0 Å². The van der Waals surface area contributed by atoms with Crippen LogP contribution in [0.4, 0.5) is 0 Å². The molecule has 2 aliphatic rings. The molecule has 0 amide bonds. The van der Waals surface area contributed by atoms with E-state index in [1.54, 1.807) is 12.1 Å². The molecule has 0 aromatic heterocycles. The molecule has 3 aromatic rings. The summed E-state index contributed by atoms with van der Waals surface area (Å²) in [4.78, 5) is 13.1. The maximum Gasteiger partial charge on any atom is 0.231 e. The lowest BCUT2D eigenvalue weighted by Crippen LogP contribution is -2.12. The Morgan fingerprint density at radius 3 is 2.76 bits per heavy atom. The Labute approximate surface area is 201 Å². The Bertz CT molecular complexity index is 1310. The highest BCUT2D eigenvalue weighted by Crippen LogP contribution is 2.41. The van der Waals surface area contributed by atoms with Gasteiger partial charge in [0.2, 0.25) is 5.78 Å². The van der Waals surface area contributed by atoms with Crippen molar-refractivity contribution in [3.8, 4) is 17.2 Å². The van der Waals surface area contributed by atoms with E-state index in [4.69, 9.17) is 18.9 Å². The number of rotatable bonds is 4. The van der Waals surface area contributed by atoms with Gasteiger partial charge in [0.1, 0.15) is 23.9 Å². The van der Waals surface area contributed by atoms with Gasteiger partial charge in [0.05, 0.1) is 12.2 Å². The number of hydrogen-bond acceptors (Lipinski definition) is 5. The van der Waals surface area contributed by atoms with E-state index in [1.165, 1.54) is 11.1 Å². The van der Waals surface area contributed by atoms with Crippen LogP contribution >= 0.6 is 15.9 Å². The first-order valence-corrected chi connectivity index (χ1v) is 11.5. The summed E-state index contributed by atoms with van der Waals surface area (Å²) in [7, 11) is 0. The average molecular weight is 507 g/mol. The fourth-order valence-corrected chi connectivity index (χ4v) is 4.62. The predicted molar refractivity (Wildman–Crippen MR) is 129 cm³/mol. The minimum Gasteiger partial charge on any atom is -0.488 e. The second-order valence-electron chi connectivity index (χ2n) is 8.32. The van der Waals surface area contributed by atoms with Crippen LogP contribution in [0.15, 0.2) is 52.7 Å². The zero-order chi connectivity index (χ0) is 23.1. The molecular formula is C27H23BrO5. The third kappa shape index (κ3) is 4.16. The van der Waals surface area contributed by atoms with Crippen molar-refractivity contribution in [1.82, 2.24) is 0 Å². The van der Waals surface area contributed by atoms with Crippen LogP contribution in [0, 0.1) is 20.8 Å². The zero-order valence-electron chi connectivity index (χ0n) is 18.7. The van der Waals surface area contributed by atoms with Gasteiger partial charge in [-0.2, -0.15) is 0 Å². The fraction of sp³-hybridized carbons (Fsp3) is 0.222. The monoisotopic (exact) mass is 506 g/mol. The van der Waals surface area contributed by atoms with E-state index in [0.29, 0.717) is 36.0 Å². The van der Waals surface area contributed by atoms with Crippen LogP contribution in [0.25, 0.3) is 6.08 Å². The van der Waals surface area contributed by atoms with E-state index >= 15 is 0 Å². The van der Waals surface area contributed by atoms with Crippen molar-refractivity contribution in [2.75, 3.05) is 6.79 Å². The van der Waals surface area contributed by atoms with Gasteiger partial charge in [0.25, 0.3) is 0 Å². The molecule has 33 heavy (non-hydrogen) atoms. The molecule has 0 saturated heterocycles. The molecule has 3 aromatic carbocycles. The van der Waals surface area contributed by atoms with Crippen molar-refractivity contribution < 1.29 is 23.7 Å². The maximum atomic E-state index is 13.1. The first-order valence-electron chi connectivity index (χ1n) is 10.7. The molecule has 0 saturated carbocycles. The topological polar surface area (TPSA) is 54.0 Å². The van der Waals surface area contributed by atoms with Gasteiger partial charge in [-0.05, 0) is 62.2 Å². The SMILES string of the molecule is Cc1ccc(C)c(COc2ccc3c(c2C)O/C(=C\c2cc(Br)cc4c2OCOC4)C3=O)c1. The highest BCUT2D eigenvalue weighted by atomic mass is 79.9. The largest absolute Gasteiger partial charge is 0.488 e. The van der Waals surface area contributed by atoms with Crippen LogP contribution in [-0.4, -0.2) is 12.6 Å². The van der Waals surface area contributed by atoms with Crippen LogP contribution in [0.1, 0.15) is 43.7 Å². The number of Topliss-reactive ketones (excluding diaryl/α,β-unsaturated/α-hetero) is 1. The summed E-state index contributed by atoms with van der Waals surface area (Å²) in [6.45, 7) is 7.14. The molecular weight excluding hydrogens is 484 g/mol. The summed E-state index contributed by atoms with van der Waals surface area (Å²) < 4.78 is 24.1. The summed E-state index contributed by atoms with van der Waals surface area (Å²) in [5.41, 5.74) is 6.53. The highest BCUT2D eigenvalue weighted by molar-refractivity contribution is 9.10. The number of ketones is 1. The fourth-order valence-electron chi connectivity index (χ4n) is 4.09. The quantitative estimate of drug-likeness (QED) is 0.381. The third-order valence-electron chi connectivity index (χ3n) is 5.91. The standard InChI is InChI=1S/C27H23BrO5/c1-15-4-5-16(2)19(8-15)13-31-23-7-6-22-25(29)24(33-26(22)17(23)3)11-18-9-21(28)10-20-12-30-14-32-27(18)20/h4-11H,12-14H2,1-3H3/b24-11-. The molecule has 6 heteroatoms. The second kappa shape index (κ2) is 8.69. The summed E-state index contributed by atoms with van der Waals surface area (Å²) in [6, 6.07) is 13.8. The molecule has 5 rings (SSSR count). The average Bonchev–Trinajstić information content (AvgIpc) is 3.11. The number of carbonyl (C=O) groups excluding carboxylic acids is 1. The third-order valence-corrected chi connectivity index (χ3v) is 6.37. The minimum atomic E-state index is -0.157. The van der Waals surface area contributed by atoms with Crippen molar-refractivity contribution in [3.05, 3.63) is 91.6 Å². The molecule has 168 valence electrons. The molecule has 2 aliphatic heterocycles. The Balaban J connectivity index is 1.43. The number of allylic oxidation sites excluding steroid dienone is 1. The number of benzene rings is 3. The molecule has 2 heterocycles. The van der Waals surface area contributed by atoms with Gasteiger partial charge in [-0.25, -0.2) is 0 Å². The van der Waals surface area contributed by atoms with Crippen LogP contribution < -0.4 is 14.2 Å². The van der Waals surface area contributed by atoms with E-state index in [1.807, 2.05) is 25.1 Å². The molecule has 0 atom stereocenters. The van der Waals surface area contributed by atoms with Gasteiger partial charge in [0, 0.05) is 21.2 Å². The second-order valence-corrected chi connectivity index (χ2v) is 9.23. The Hall–Kier alpha value is -3.09. The summed E-state index contributed by atoms with van der Waals surface area (Å²) in [5.74, 6) is 2.05. The number of halogens is 1. The molecule has 0 aliphatic carbocycles. The normalized spacial score (nSPS) is 15.6. The van der Waals surface area contributed by atoms with Crippen LogP contribution in [0.2, 0.25) is 0 Å². The van der Waals surface area contributed by atoms with Crippen LogP contribution in [-0.2, 0) is 18.0 Å². The summed E-state index contributed by atoms with van der Waals surface area (Å²) in [6.07, 6.45) is 1.73. The molecule has 0 bridgehead atoms. The lowest BCUT2D eigenvalue weighted by atomic mass is 10.0. The van der Waals surface area contributed by atoms with E-state index in [-0.39, 0.29) is 18.3 Å². The van der Waals surface area contributed by atoms with Crippen molar-refractivity contribution >= 4 is 27.8 Å². The first kappa shape index (κ1) is 21.7. The number of fused-ring (bicyclic) bond motifs is 2. The molecule has 0 fully saturated rings. The number of carbonyl (C=O) groups is 1. The van der Waals surface area contributed by atoms with Crippen molar-refractivity contribution in [2.24, 2.45) is 0 Å². The van der Waals surface area contributed by atoms with Gasteiger partial charge in [-0.15, -0.1) is 0 Å². The van der Waals surface area contributed by atoms with E-state index < -0.39 is 0 Å². The number of ether oxygens (including phenoxy) is 4. The summed E-state index contributed by atoms with van der Waals surface area (Å²) >= 11 is 3.52. The summed E-state index contributed by atoms with van der Waals surface area (Å²) in [5, 5.41) is 0. The van der Waals surface area contributed by atoms with Crippen molar-refractivity contribution in [3.63, 3.8) is 0 Å². The molecule has 0 spiro atoms. The number of hydrogen-bond donors (Lipinski definition) is 0. The molecule has 0 radical (unpaired) electrons. The van der Waals surface area contributed by atoms with E-state index in [9.17, 15) is 4.79 Å². The van der Waals surface area contributed by atoms with Crippen LogP contribution in [0.3, 0.4) is 0 Å². The molecule has 5 nitrogen and oxygen atoms in total. The lowest BCUT2D eigenvalue weighted by molar-refractivity contribution is -0.0165. The number of aryl methyl sites for hydroxylation is 2. The smallest absolute Gasteiger partial charge is 0.231 e. The maximum absolute atomic E-state index is 13.1. The van der Waals surface area contributed by atoms with Gasteiger partial charge < -0.3 is 18.9 Å².